The van der Waals surface area contributed by atoms with Crippen LogP contribution in [0.1, 0.15) is 5.69 Å². The molecule has 0 amide bonds. The maximum atomic E-state index is 10.2. The summed E-state index contributed by atoms with van der Waals surface area (Å²) in [4.78, 5) is 14.1. The van der Waals surface area contributed by atoms with Crippen molar-refractivity contribution in [1.29, 1.82) is 0 Å². The molecule has 5 heteroatoms. The summed E-state index contributed by atoms with van der Waals surface area (Å²) in [6.45, 7) is 0. The van der Waals surface area contributed by atoms with Gasteiger partial charge in [0.1, 0.15) is 4.60 Å². The quantitative estimate of drug-likeness (QED) is 0.780. The Morgan fingerprint density at radius 2 is 2.50 bits per heavy atom. The summed E-state index contributed by atoms with van der Waals surface area (Å²) in [5.41, 5.74) is 0.734. The van der Waals surface area contributed by atoms with Crippen LogP contribution in [0, 0.1) is 0 Å². The lowest BCUT2D eigenvalue weighted by molar-refractivity contribution is -0.131. The number of hydrogen-bond donors (Lipinski definition) is 1. The molecule has 1 rings (SSSR count). The van der Waals surface area contributed by atoms with E-state index in [9.17, 15) is 4.79 Å². The van der Waals surface area contributed by atoms with E-state index in [-0.39, 0.29) is 0 Å². The third-order valence-electron chi connectivity index (χ3n) is 1.32. The number of hydrogen-bond acceptors (Lipinski definition) is 2. The molecule has 12 heavy (non-hydrogen) atoms. The molecule has 0 saturated carbocycles. The van der Waals surface area contributed by atoms with E-state index in [1.807, 2.05) is 0 Å². The second-order valence-electron chi connectivity index (χ2n) is 2.20. The Bertz CT molecular complexity index is 311. The molecule has 1 N–H and O–H groups in total. The Labute approximate surface area is 77.7 Å². The third-order valence-corrected chi connectivity index (χ3v) is 1.93. The van der Waals surface area contributed by atoms with E-state index >= 15 is 0 Å². The van der Waals surface area contributed by atoms with E-state index in [0.29, 0.717) is 4.60 Å². The molecule has 64 valence electrons. The van der Waals surface area contributed by atoms with Crippen LogP contribution in [0.25, 0.3) is 6.08 Å². The maximum Gasteiger partial charge on any atom is 0.328 e. The number of aliphatic carboxylic acids is 1. The molecule has 0 unspecified atom stereocenters. The molecule has 1 heterocycles. The number of nitrogens with zero attached hydrogens (tertiary/aromatic N) is 2. The zero-order valence-electron chi connectivity index (χ0n) is 6.36. The monoisotopic (exact) mass is 230 g/mol. The normalized spacial score (nSPS) is 10.8. The number of rotatable bonds is 2. The minimum absolute atomic E-state index is 0.641. The number of carbonyl (C=O) groups is 1. The van der Waals surface area contributed by atoms with Crippen LogP contribution in [0.2, 0.25) is 0 Å². The van der Waals surface area contributed by atoms with Gasteiger partial charge in [0.05, 0.1) is 12.0 Å². The number of carboxylic acid groups (broad SMARTS) is 1. The minimum atomic E-state index is -0.969. The van der Waals surface area contributed by atoms with Crippen molar-refractivity contribution in [3.05, 3.63) is 22.7 Å². The number of imidazole rings is 1. The van der Waals surface area contributed by atoms with Crippen molar-refractivity contribution in [2.24, 2.45) is 7.05 Å². The standard InChI is InChI=1S/C7H7BrN2O2/c1-10-4-9-7(8)5(10)2-3-6(11)12/h2-4H,1H3,(H,11,12)/b3-2+. The van der Waals surface area contributed by atoms with E-state index < -0.39 is 5.97 Å². The van der Waals surface area contributed by atoms with Gasteiger partial charge >= 0.3 is 5.97 Å². The summed E-state index contributed by atoms with van der Waals surface area (Å²) in [7, 11) is 1.79. The van der Waals surface area contributed by atoms with E-state index in [4.69, 9.17) is 5.11 Å². The van der Waals surface area contributed by atoms with Crippen LogP contribution in [-0.2, 0) is 11.8 Å². The van der Waals surface area contributed by atoms with Crippen LogP contribution in [0.5, 0.6) is 0 Å². The number of aromatic nitrogens is 2. The van der Waals surface area contributed by atoms with E-state index in [1.54, 1.807) is 17.9 Å². The molecule has 0 aromatic carbocycles. The highest BCUT2D eigenvalue weighted by atomic mass is 79.9. The average Bonchev–Trinajstić information content (AvgIpc) is 2.28. The van der Waals surface area contributed by atoms with Crippen molar-refractivity contribution in [1.82, 2.24) is 9.55 Å². The van der Waals surface area contributed by atoms with Gasteiger partial charge < -0.3 is 9.67 Å². The Kier molecular flexibility index (Phi) is 2.65. The Hall–Kier alpha value is -1.10. The number of aryl methyl sites for hydroxylation is 1. The molecule has 1 aromatic rings. The molecule has 0 atom stereocenters. The fourth-order valence-electron chi connectivity index (χ4n) is 0.748. The van der Waals surface area contributed by atoms with Gasteiger partial charge in [-0.2, -0.15) is 0 Å². The van der Waals surface area contributed by atoms with Gasteiger partial charge in [-0.05, 0) is 22.0 Å². The lowest BCUT2D eigenvalue weighted by Crippen LogP contribution is -1.91. The summed E-state index contributed by atoms with van der Waals surface area (Å²) in [5.74, 6) is -0.969. The van der Waals surface area contributed by atoms with Crippen molar-refractivity contribution >= 4 is 28.0 Å². The second kappa shape index (κ2) is 3.53. The largest absolute Gasteiger partial charge is 0.478 e. The maximum absolute atomic E-state index is 10.2. The molecule has 0 aliphatic carbocycles. The minimum Gasteiger partial charge on any atom is -0.478 e. The second-order valence-corrected chi connectivity index (χ2v) is 2.95. The highest BCUT2D eigenvalue weighted by Crippen LogP contribution is 2.14. The summed E-state index contributed by atoms with van der Waals surface area (Å²) in [6.07, 6.45) is 4.16. The van der Waals surface area contributed by atoms with Crippen molar-refractivity contribution in [3.8, 4) is 0 Å². The lowest BCUT2D eigenvalue weighted by Gasteiger charge is -1.93. The Balaban J connectivity index is 2.95. The predicted octanol–water partition coefficient (Wildman–Crippen LogP) is 1.28. The molecular formula is C7H7BrN2O2. The van der Waals surface area contributed by atoms with Gasteiger partial charge in [-0.1, -0.05) is 0 Å². The third kappa shape index (κ3) is 1.94. The first-order chi connectivity index (χ1) is 5.61. The first-order valence-electron chi connectivity index (χ1n) is 3.19. The van der Waals surface area contributed by atoms with Crippen molar-refractivity contribution < 1.29 is 9.90 Å². The van der Waals surface area contributed by atoms with Crippen molar-refractivity contribution in [2.75, 3.05) is 0 Å². The van der Waals surface area contributed by atoms with Gasteiger partial charge in [-0.15, -0.1) is 0 Å². The topological polar surface area (TPSA) is 55.1 Å². The molecular weight excluding hydrogens is 224 g/mol. The Morgan fingerprint density at radius 1 is 1.83 bits per heavy atom. The van der Waals surface area contributed by atoms with E-state index in [2.05, 4.69) is 20.9 Å². The van der Waals surface area contributed by atoms with Gasteiger partial charge in [0.15, 0.2) is 0 Å². The molecule has 0 bridgehead atoms. The SMILES string of the molecule is Cn1cnc(Br)c1/C=C/C(=O)O. The van der Waals surface area contributed by atoms with Crippen molar-refractivity contribution in [2.45, 2.75) is 0 Å². The molecule has 0 radical (unpaired) electrons. The summed E-state index contributed by atoms with van der Waals surface area (Å²) in [6, 6.07) is 0. The fourth-order valence-corrected chi connectivity index (χ4v) is 1.25. The highest BCUT2D eigenvalue weighted by molar-refractivity contribution is 9.10. The number of halogens is 1. The van der Waals surface area contributed by atoms with Crippen LogP contribution >= 0.6 is 15.9 Å². The van der Waals surface area contributed by atoms with Crippen LogP contribution < -0.4 is 0 Å². The summed E-state index contributed by atoms with van der Waals surface area (Å²) in [5, 5.41) is 8.36. The highest BCUT2D eigenvalue weighted by Gasteiger charge is 2.01. The van der Waals surface area contributed by atoms with Gasteiger partial charge in [-0.25, -0.2) is 9.78 Å². The van der Waals surface area contributed by atoms with Crippen LogP contribution in [0.4, 0.5) is 0 Å². The zero-order valence-corrected chi connectivity index (χ0v) is 7.95. The van der Waals surface area contributed by atoms with Gasteiger partial charge in [-0.3, -0.25) is 0 Å². The molecule has 0 saturated heterocycles. The molecule has 1 aromatic heterocycles. The van der Waals surface area contributed by atoms with Gasteiger partial charge in [0.25, 0.3) is 0 Å². The predicted molar refractivity (Wildman–Crippen MR) is 47.6 cm³/mol. The lowest BCUT2D eigenvalue weighted by atomic mass is 10.4. The van der Waals surface area contributed by atoms with E-state index in [0.717, 1.165) is 11.8 Å². The van der Waals surface area contributed by atoms with Gasteiger partial charge in [0.2, 0.25) is 0 Å². The summed E-state index contributed by atoms with van der Waals surface area (Å²) >= 11 is 3.19. The molecule has 0 spiro atoms. The van der Waals surface area contributed by atoms with E-state index in [1.165, 1.54) is 6.08 Å². The smallest absolute Gasteiger partial charge is 0.328 e. The zero-order chi connectivity index (χ0) is 9.14. The Morgan fingerprint density at radius 3 is 2.92 bits per heavy atom. The first kappa shape index (κ1) is 8.99. The first-order valence-corrected chi connectivity index (χ1v) is 3.98. The molecule has 0 aliphatic heterocycles. The summed E-state index contributed by atoms with van der Waals surface area (Å²) < 4.78 is 2.37. The number of carboxylic acids is 1. The van der Waals surface area contributed by atoms with Gasteiger partial charge in [0, 0.05) is 13.1 Å². The molecule has 0 fully saturated rings. The average molecular weight is 231 g/mol. The molecule has 0 aliphatic rings. The van der Waals surface area contributed by atoms with Crippen LogP contribution in [0.15, 0.2) is 17.0 Å². The fraction of sp³-hybridized carbons (Fsp3) is 0.143. The van der Waals surface area contributed by atoms with Crippen LogP contribution in [0.3, 0.4) is 0 Å². The van der Waals surface area contributed by atoms with Crippen LogP contribution in [-0.4, -0.2) is 20.6 Å². The molecule has 4 nitrogen and oxygen atoms in total. The van der Waals surface area contributed by atoms with Crippen molar-refractivity contribution in [3.63, 3.8) is 0 Å².